The zero-order chi connectivity index (χ0) is 25.8. The molecular formula is C28H23NO6S. The van der Waals surface area contributed by atoms with Crippen LogP contribution in [0.25, 0.3) is 41.7 Å². The van der Waals surface area contributed by atoms with Gasteiger partial charge in [-0.15, -0.1) is 11.3 Å². The Labute approximate surface area is 208 Å². The van der Waals surface area contributed by atoms with Gasteiger partial charge in [-0.1, -0.05) is 30.3 Å². The molecule has 1 aromatic heterocycles. The Balaban J connectivity index is 1.57. The van der Waals surface area contributed by atoms with Crippen molar-refractivity contribution in [2.75, 3.05) is 6.54 Å². The van der Waals surface area contributed by atoms with Gasteiger partial charge in [0.05, 0.1) is 20.2 Å². The van der Waals surface area contributed by atoms with Gasteiger partial charge < -0.3 is 10.1 Å². The number of amides is 1. The van der Waals surface area contributed by atoms with E-state index in [1.807, 2.05) is 0 Å². The van der Waals surface area contributed by atoms with Gasteiger partial charge in [0.2, 0.25) is 10.9 Å². The molecule has 0 saturated heterocycles. The van der Waals surface area contributed by atoms with Crippen molar-refractivity contribution in [3.63, 3.8) is 0 Å². The van der Waals surface area contributed by atoms with Crippen LogP contribution in [0.2, 0.25) is 0 Å². The molecule has 182 valence electrons. The van der Waals surface area contributed by atoms with Crippen LogP contribution in [0.15, 0.2) is 61.6 Å². The van der Waals surface area contributed by atoms with Gasteiger partial charge in [0, 0.05) is 28.1 Å². The molecule has 0 aliphatic heterocycles. The molecule has 0 bridgehead atoms. The normalized spacial score (nSPS) is 12.1. The minimum Gasteiger partial charge on any atom is -0.444 e. The van der Waals surface area contributed by atoms with E-state index in [-0.39, 0.29) is 52.6 Å². The van der Waals surface area contributed by atoms with Crippen molar-refractivity contribution in [1.29, 1.82) is 0 Å². The van der Waals surface area contributed by atoms with Crippen LogP contribution >= 0.6 is 11.3 Å². The molecule has 0 aliphatic rings. The zero-order valence-electron chi connectivity index (χ0n) is 20.0. The lowest BCUT2D eigenvalue weighted by molar-refractivity contribution is 0.0527. The van der Waals surface area contributed by atoms with Gasteiger partial charge in [-0.25, -0.2) is 4.79 Å². The van der Waals surface area contributed by atoms with Crippen LogP contribution in [0, 0.1) is 0 Å². The second kappa shape index (κ2) is 8.64. The second-order valence-electron chi connectivity index (χ2n) is 9.78. The highest BCUT2D eigenvalue weighted by Gasteiger charge is 2.22. The third-order valence-corrected chi connectivity index (χ3v) is 7.26. The van der Waals surface area contributed by atoms with Gasteiger partial charge in [-0.05, 0) is 51.3 Å². The average Bonchev–Trinajstić information content (AvgIpc) is 3.24. The Morgan fingerprint density at radius 1 is 0.806 bits per heavy atom. The van der Waals surface area contributed by atoms with Crippen molar-refractivity contribution < 1.29 is 9.53 Å². The summed E-state index contributed by atoms with van der Waals surface area (Å²) in [5.74, 6) is 0. The largest absolute Gasteiger partial charge is 0.444 e. The standard InChI is InChI=1S/C28H23NO6S/c1-28(2,3)35-27(34)29-12-6-7-14-10-11-17-18(13-14)22(31)20-19-21(30)15-8-4-5-9-16(15)23(32)25(19)36-26(20)24(17)33/h4-5,8-11,13H,6-7,12H2,1-3H3,(H,29,34). The Hall–Kier alpha value is -3.91. The Morgan fingerprint density at radius 3 is 1.97 bits per heavy atom. The minimum absolute atomic E-state index is 0.0316. The van der Waals surface area contributed by atoms with Gasteiger partial charge >= 0.3 is 6.09 Å². The Kier molecular flexibility index (Phi) is 5.71. The van der Waals surface area contributed by atoms with E-state index >= 15 is 0 Å². The summed E-state index contributed by atoms with van der Waals surface area (Å²) in [5.41, 5.74) is -1.30. The second-order valence-corrected chi connectivity index (χ2v) is 10.8. The highest BCUT2D eigenvalue weighted by atomic mass is 32.1. The number of rotatable bonds is 4. The monoisotopic (exact) mass is 501 g/mol. The SMILES string of the molecule is CC(C)(C)OC(=O)NCCCc1ccc2c(=O)c3sc4c(=O)c5ccccc5c(=O)c4c3c(=O)c2c1. The molecule has 5 aromatic rings. The summed E-state index contributed by atoms with van der Waals surface area (Å²) < 4.78 is 5.50. The summed E-state index contributed by atoms with van der Waals surface area (Å²) >= 11 is 0.923. The number of carbonyl (C=O) groups is 1. The smallest absolute Gasteiger partial charge is 0.407 e. The van der Waals surface area contributed by atoms with Crippen LogP contribution in [0.4, 0.5) is 4.79 Å². The first-order valence-corrected chi connectivity index (χ1v) is 12.4. The summed E-state index contributed by atoms with van der Waals surface area (Å²) in [6, 6.07) is 11.6. The summed E-state index contributed by atoms with van der Waals surface area (Å²) in [6.45, 7) is 5.75. The third-order valence-electron chi connectivity index (χ3n) is 6.07. The van der Waals surface area contributed by atoms with Gasteiger partial charge in [0.1, 0.15) is 5.60 Å². The number of hydrogen-bond donors (Lipinski definition) is 1. The van der Waals surface area contributed by atoms with Crippen LogP contribution < -0.4 is 27.0 Å². The van der Waals surface area contributed by atoms with E-state index in [9.17, 15) is 24.0 Å². The van der Waals surface area contributed by atoms with Gasteiger partial charge in [-0.2, -0.15) is 0 Å². The molecule has 0 unspecified atom stereocenters. The molecule has 0 atom stereocenters. The van der Waals surface area contributed by atoms with Crippen molar-refractivity contribution >= 4 is 59.1 Å². The number of hydrogen-bond acceptors (Lipinski definition) is 7. The van der Waals surface area contributed by atoms with Crippen LogP contribution in [-0.2, 0) is 11.2 Å². The van der Waals surface area contributed by atoms with E-state index in [1.54, 1.807) is 63.2 Å². The molecule has 0 radical (unpaired) electrons. The number of alkyl carbamates (subject to hydrolysis) is 1. The first-order chi connectivity index (χ1) is 17.1. The van der Waals surface area contributed by atoms with Gasteiger partial charge in [0.25, 0.3) is 0 Å². The van der Waals surface area contributed by atoms with E-state index in [1.165, 1.54) is 0 Å². The van der Waals surface area contributed by atoms with E-state index < -0.39 is 22.6 Å². The zero-order valence-corrected chi connectivity index (χ0v) is 20.8. The Morgan fingerprint density at radius 2 is 1.36 bits per heavy atom. The highest BCUT2D eigenvalue weighted by Crippen LogP contribution is 2.29. The predicted octanol–water partition coefficient (Wildman–Crippen LogP) is 4.13. The van der Waals surface area contributed by atoms with Gasteiger partial charge in [0.15, 0.2) is 10.9 Å². The lowest BCUT2D eigenvalue weighted by atomic mass is 9.99. The first-order valence-electron chi connectivity index (χ1n) is 11.6. The van der Waals surface area contributed by atoms with Gasteiger partial charge in [-0.3, -0.25) is 19.2 Å². The molecule has 8 heteroatoms. The maximum atomic E-state index is 13.6. The molecule has 1 N–H and O–H groups in total. The van der Waals surface area contributed by atoms with Crippen LogP contribution in [0.3, 0.4) is 0 Å². The quantitative estimate of drug-likeness (QED) is 0.371. The number of ether oxygens (including phenoxy) is 1. The lowest BCUT2D eigenvalue weighted by Crippen LogP contribution is -2.33. The molecule has 36 heavy (non-hydrogen) atoms. The third kappa shape index (κ3) is 3.97. The summed E-state index contributed by atoms with van der Waals surface area (Å²) in [4.78, 5) is 65.0. The summed E-state index contributed by atoms with van der Waals surface area (Å²) in [5, 5.41) is 3.79. The van der Waals surface area contributed by atoms with E-state index in [0.29, 0.717) is 19.4 Å². The molecule has 1 heterocycles. The molecule has 0 fully saturated rings. The maximum absolute atomic E-state index is 13.6. The number of carbonyl (C=O) groups excluding carboxylic acids is 1. The molecule has 5 rings (SSSR count). The van der Waals surface area contributed by atoms with Crippen molar-refractivity contribution in [3.8, 4) is 0 Å². The first kappa shape index (κ1) is 23.8. The molecule has 7 nitrogen and oxygen atoms in total. The minimum atomic E-state index is -0.580. The van der Waals surface area contributed by atoms with Crippen LogP contribution in [0.1, 0.15) is 32.8 Å². The van der Waals surface area contributed by atoms with E-state index in [4.69, 9.17) is 4.74 Å². The fourth-order valence-electron chi connectivity index (χ4n) is 4.51. The van der Waals surface area contributed by atoms with Crippen molar-refractivity contribution in [3.05, 3.63) is 88.9 Å². The van der Waals surface area contributed by atoms with Crippen molar-refractivity contribution in [2.24, 2.45) is 0 Å². The maximum Gasteiger partial charge on any atom is 0.407 e. The van der Waals surface area contributed by atoms with Crippen molar-refractivity contribution in [2.45, 2.75) is 39.2 Å². The molecule has 4 aromatic carbocycles. The predicted molar refractivity (Wildman–Crippen MR) is 144 cm³/mol. The summed E-state index contributed by atoms with van der Waals surface area (Å²) in [6.07, 6.45) is 0.664. The summed E-state index contributed by atoms with van der Waals surface area (Å²) in [7, 11) is 0. The number of benzene rings is 4. The number of thiophene rings is 1. The van der Waals surface area contributed by atoms with Crippen molar-refractivity contribution in [1.82, 2.24) is 5.32 Å². The van der Waals surface area contributed by atoms with E-state index in [0.717, 1.165) is 16.9 Å². The fraction of sp³-hybridized carbons (Fsp3) is 0.250. The number of aryl methyl sites for hydroxylation is 1. The molecule has 0 saturated carbocycles. The van der Waals surface area contributed by atoms with E-state index in [2.05, 4.69) is 5.32 Å². The Bertz CT molecular complexity index is 1910. The molecule has 0 aliphatic carbocycles. The fourth-order valence-corrected chi connectivity index (χ4v) is 5.71. The molecule has 1 amide bonds. The molecule has 0 spiro atoms. The number of fused-ring (bicyclic) bond motifs is 5. The average molecular weight is 502 g/mol. The topological polar surface area (TPSA) is 107 Å². The van der Waals surface area contributed by atoms with Crippen LogP contribution in [0.5, 0.6) is 0 Å². The molecular weight excluding hydrogens is 478 g/mol. The highest BCUT2D eigenvalue weighted by molar-refractivity contribution is 7.25. The number of nitrogens with one attached hydrogen (secondary N) is 1. The lowest BCUT2D eigenvalue weighted by Gasteiger charge is -2.19. The van der Waals surface area contributed by atoms with Crippen LogP contribution in [-0.4, -0.2) is 18.2 Å².